The molecule has 1 aromatic heterocycles. The Hall–Kier alpha value is -0.950. The maximum atomic E-state index is 11.7. The molecule has 2 aliphatic rings. The summed E-state index contributed by atoms with van der Waals surface area (Å²) in [5.41, 5.74) is 0.620. The fraction of sp³-hybridized carbons (Fsp3) is 0.636. The van der Waals surface area contributed by atoms with Crippen molar-refractivity contribution in [2.75, 3.05) is 29.5 Å². The number of fused-ring (bicyclic) bond motifs is 1. The highest BCUT2D eigenvalue weighted by atomic mass is 32.2. The SMILES string of the molecule is O=C1CCCc2sc(N3CCS(=O)(=O)CC3)nc21. The largest absolute Gasteiger partial charge is 0.346 e. The standard InChI is InChI=1S/C11H14N2O3S2/c14-8-2-1-3-9-10(8)12-11(17-9)13-4-6-18(15,16)7-5-13/h1-7H2. The molecule has 0 N–H and O–H groups in total. The molecule has 0 spiro atoms. The van der Waals surface area contributed by atoms with Crippen LogP contribution in [0.1, 0.15) is 28.2 Å². The molecule has 0 aromatic carbocycles. The first kappa shape index (κ1) is 12.1. The molecule has 0 saturated carbocycles. The zero-order chi connectivity index (χ0) is 12.8. The highest BCUT2D eigenvalue weighted by Crippen LogP contribution is 2.32. The van der Waals surface area contributed by atoms with Gasteiger partial charge in [-0.05, 0) is 12.8 Å². The minimum absolute atomic E-state index is 0.128. The van der Waals surface area contributed by atoms with Crippen LogP contribution in [0.25, 0.3) is 0 Å². The van der Waals surface area contributed by atoms with Crippen LogP contribution in [0.2, 0.25) is 0 Å². The van der Waals surface area contributed by atoms with Gasteiger partial charge < -0.3 is 4.90 Å². The number of hydrogen-bond donors (Lipinski definition) is 0. The molecular formula is C11H14N2O3S2. The predicted molar refractivity (Wildman–Crippen MR) is 70.2 cm³/mol. The lowest BCUT2D eigenvalue weighted by Gasteiger charge is -2.25. The van der Waals surface area contributed by atoms with Crippen LogP contribution in [0.4, 0.5) is 5.13 Å². The molecule has 1 fully saturated rings. The van der Waals surface area contributed by atoms with Gasteiger partial charge >= 0.3 is 0 Å². The molecule has 0 amide bonds. The highest BCUT2D eigenvalue weighted by Gasteiger charge is 2.27. The zero-order valence-corrected chi connectivity index (χ0v) is 11.5. The van der Waals surface area contributed by atoms with Crippen molar-refractivity contribution in [2.24, 2.45) is 0 Å². The van der Waals surface area contributed by atoms with Gasteiger partial charge in [-0.3, -0.25) is 4.79 Å². The molecule has 18 heavy (non-hydrogen) atoms. The Kier molecular flexibility index (Phi) is 2.90. The Labute approximate surface area is 110 Å². The van der Waals surface area contributed by atoms with Crippen molar-refractivity contribution >= 4 is 32.1 Å². The van der Waals surface area contributed by atoms with Gasteiger partial charge in [0, 0.05) is 24.4 Å². The average Bonchev–Trinajstić information content (AvgIpc) is 2.74. The number of thiazole rings is 1. The van der Waals surface area contributed by atoms with Crippen LogP contribution in [0, 0.1) is 0 Å². The van der Waals surface area contributed by atoms with Crippen LogP contribution >= 0.6 is 11.3 Å². The van der Waals surface area contributed by atoms with Crippen LogP contribution in [-0.4, -0.2) is 43.8 Å². The normalized spacial score (nSPS) is 22.9. The Balaban J connectivity index is 1.84. The lowest BCUT2D eigenvalue weighted by molar-refractivity contribution is 0.0968. The number of anilines is 1. The fourth-order valence-electron chi connectivity index (χ4n) is 2.29. The molecule has 5 nitrogen and oxygen atoms in total. The summed E-state index contributed by atoms with van der Waals surface area (Å²) in [5.74, 6) is 0.500. The highest BCUT2D eigenvalue weighted by molar-refractivity contribution is 7.91. The van der Waals surface area contributed by atoms with Gasteiger partial charge in [0.15, 0.2) is 20.8 Å². The van der Waals surface area contributed by atoms with E-state index in [1.807, 2.05) is 4.90 Å². The van der Waals surface area contributed by atoms with Gasteiger partial charge in [0.1, 0.15) is 5.69 Å². The fourth-order valence-corrected chi connectivity index (χ4v) is 4.67. The number of carbonyl (C=O) groups is 1. The molecule has 3 rings (SSSR count). The molecule has 0 radical (unpaired) electrons. The summed E-state index contributed by atoms with van der Waals surface area (Å²) in [6.07, 6.45) is 2.41. The maximum Gasteiger partial charge on any atom is 0.186 e. The van der Waals surface area contributed by atoms with Crippen molar-refractivity contribution in [2.45, 2.75) is 19.3 Å². The second kappa shape index (κ2) is 4.31. The lowest BCUT2D eigenvalue weighted by atomic mass is 10.0. The summed E-state index contributed by atoms with van der Waals surface area (Å²) >= 11 is 1.54. The van der Waals surface area contributed by atoms with Gasteiger partial charge in [-0.15, -0.1) is 11.3 Å². The number of carbonyl (C=O) groups excluding carboxylic acids is 1. The molecule has 0 bridgehead atoms. The van der Waals surface area contributed by atoms with Crippen LogP contribution < -0.4 is 4.90 Å². The van der Waals surface area contributed by atoms with Gasteiger partial charge in [-0.2, -0.15) is 0 Å². The van der Waals surface area contributed by atoms with Crippen LogP contribution in [-0.2, 0) is 16.3 Å². The minimum atomic E-state index is -2.87. The summed E-state index contributed by atoms with van der Waals surface area (Å²) in [4.78, 5) is 19.2. The second-order valence-corrected chi connectivity index (χ2v) is 8.05. The van der Waals surface area contributed by atoms with Gasteiger partial charge in [-0.25, -0.2) is 13.4 Å². The first-order chi connectivity index (χ1) is 8.55. The smallest absolute Gasteiger partial charge is 0.186 e. The Morgan fingerprint density at radius 1 is 1.17 bits per heavy atom. The molecular weight excluding hydrogens is 272 g/mol. The summed E-state index contributed by atoms with van der Waals surface area (Å²) in [5, 5.41) is 0.810. The quantitative estimate of drug-likeness (QED) is 0.767. The van der Waals surface area contributed by atoms with Crippen LogP contribution in [0.5, 0.6) is 0 Å². The monoisotopic (exact) mass is 286 g/mol. The molecule has 0 unspecified atom stereocenters. The summed E-state index contributed by atoms with van der Waals surface area (Å²) in [7, 11) is -2.87. The van der Waals surface area contributed by atoms with E-state index < -0.39 is 9.84 Å². The van der Waals surface area contributed by atoms with Crippen molar-refractivity contribution in [3.8, 4) is 0 Å². The van der Waals surface area contributed by atoms with E-state index in [0.29, 0.717) is 25.2 Å². The number of aromatic nitrogens is 1. The third-order valence-electron chi connectivity index (χ3n) is 3.37. The van der Waals surface area contributed by atoms with Gasteiger partial charge in [-0.1, -0.05) is 0 Å². The molecule has 7 heteroatoms. The van der Waals surface area contributed by atoms with Gasteiger partial charge in [0.25, 0.3) is 0 Å². The van der Waals surface area contributed by atoms with Gasteiger partial charge in [0.2, 0.25) is 0 Å². The Morgan fingerprint density at radius 3 is 2.56 bits per heavy atom. The van der Waals surface area contributed by atoms with E-state index in [2.05, 4.69) is 4.98 Å². The van der Waals surface area contributed by atoms with E-state index in [0.717, 1.165) is 22.9 Å². The topological polar surface area (TPSA) is 67.3 Å². The average molecular weight is 286 g/mol. The number of nitrogens with zero attached hydrogens (tertiary/aromatic N) is 2. The summed E-state index contributed by atoms with van der Waals surface area (Å²) in [6.45, 7) is 0.978. The van der Waals surface area contributed by atoms with Crippen molar-refractivity contribution in [1.29, 1.82) is 0 Å². The van der Waals surface area contributed by atoms with Gasteiger partial charge in [0.05, 0.1) is 11.5 Å². The Bertz CT molecular complexity index is 577. The zero-order valence-electron chi connectivity index (χ0n) is 9.89. The molecule has 2 heterocycles. The van der Waals surface area contributed by atoms with E-state index in [1.165, 1.54) is 0 Å². The third kappa shape index (κ3) is 2.16. The van der Waals surface area contributed by atoms with E-state index in [4.69, 9.17) is 0 Å². The number of aryl methyl sites for hydroxylation is 1. The summed E-state index contributed by atoms with van der Waals surface area (Å²) < 4.78 is 22.8. The molecule has 1 aliphatic carbocycles. The molecule has 1 aromatic rings. The van der Waals surface area contributed by atoms with E-state index in [-0.39, 0.29) is 17.3 Å². The number of ketones is 1. The predicted octanol–water partition coefficient (Wildman–Crippen LogP) is 0.897. The third-order valence-corrected chi connectivity index (χ3v) is 6.16. The van der Waals surface area contributed by atoms with E-state index in [1.54, 1.807) is 11.3 Å². The number of sulfone groups is 1. The summed E-state index contributed by atoms with van der Waals surface area (Å²) in [6, 6.07) is 0. The number of Topliss-reactive ketones (excluding diaryl/α,β-unsaturated/α-hetero) is 1. The van der Waals surface area contributed by atoms with Crippen LogP contribution in [0.3, 0.4) is 0 Å². The molecule has 1 aliphatic heterocycles. The second-order valence-electron chi connectivity index (χ2n) is 4.68. The van der Waals surface area contributed by atoms with Crippen molar-refractivity contribution in [1.82, 2.24) is 4.98 Å². The first-order valence-corrected chi connectivity index (χ1v) is 8.67. The van der Waals surface area contributed by atoms with Crippen molar-refractivity contribution in [3.63, 3.8) is 0 Å². The minimum Gasteiger partial charge on any atom is -0.346 e. The first-order valence-electron chi connectivity index (χ1n) is 6.03. The maximum absolute atomic E-state index is 11.7. The molecule has 0 atom stereocenters. The number of hydrogen-bond acceptors (Lipinski definition) is 6. The molecule has 1 saturated heterocycles. The van der Waals surface area contributed by atoms with Crippen molar-refractivity contribution < 1.29 is 13.2 Å². The van der Waals surface area contributed by atoms with E-state index in [9.17, 15) is 13.2 Å². The molecule has 98 valence electrons. The van der Waals surface area contributed by atoms with Crippen LogP contribution in [0.15, 0.2) is 0 Å². The number of rotatable bonds is 1. The Morgan fingerprint density at radius 2 is 1.89 bits per heavy atom. The van der Waals surface area contributed by atoms with E-state index >= 15 is 0 Å². The lowest BCUT2D eigenvalue weighted by Crippen LogP contribution is -2.40. The van der Waals surface area contributed by atoms with Crippen molar-refractivity contribution in [3.05, 3.63) is 10.6 Å².